The van der Waals surface area contributed by atoms with Crippen molar-refractivity contribution in [2.45, 2.75) is 105 Å². The van der Waals surface area contributed by atoms with E-state index in [-0.39, 0.29) is 30.2 Å². The Hall–Kier alpha value is -3.78. The summed E-state index contributed by atoms with van der Waals surface area (Å²) < 4.78 is 0. The Labute approximate surface area is 412 Å². The molecule has 0 heterocycles. The molecule has 2 fully saturated rings. The molecule has 2 aliphatic rings. The van der Waals surface area contributed by atoms with E-state index in [0.717, 1.165) is 11.8 Å². The van der Waals surface area contributed by atoms with Crippen molar-refractivity contribution >= 4 is 27.0 Å². The summed E-state index contributed by atoms with van der Waals surface area (Å²) in [5, 5.41) is 5.61. The Morgan fingerprint density at radius 3 is 0.953 bits per heavy atom. The third-order valence-electron chi connectivity index (χ3n) is 13.3. The normalized spacial score (nSPS) is 13.8. The average Bonchev–Trinajstić information content (AvgIpc) is 4.11. The SMILES string of the molecule is C[Si](C)=[Zr+2].Cc1ccc(-c2ccc(-c3ccc(C)cc3)c3[cH-]c(CC4CCCC4)cc23)cc1.Cc1ccc(-c2ccc(-c3ccc(C)cc3)c3[cH-]c(CC4CCCC4)cc23)cc1.[Cl-].[Cl-]. The second-order valence-corrected chi connectivity index (χ2v) is 28.3. The van der Waals surface area contributed by atoms with Crippen molar-refractivity contribution in [1.29, 1.82) is 0 Å². The summed E-state index contributed by atoms with van der Waals surface area (Å²) in [5.41, 5.74) is 19.2. The van der Waals surface area contributed by atoms with Gasteiger partial charge in [-0.15, -0.1) is 44.8 Å². The zero-order valence-corrected chi connectivity index (χ0v) is 43.8. The van der Waals surface area contributed by atoms with Gasteiger partial charge in [-0.25, -0.2) is 0 Å². The van der Waals surface area contributed by atoms with Crippen LogP contribution in [0.2, 0.25) is 13.1 Å². The van der Waals surface area contributed by atoms with E-state index in [2.05, 4.69) is 186 Å². The minimum absolute atomic E-state index is 0. The number of halogens is 2. The van der Waals surface area contributed by atoms with E-state index in [9.17, 15) is 0 Å². The standard InChI is InChI=1S/2C29H29.C2H6Si.2ClH.Zr/c2*1-20-7-11-24(12-8-20)26-15-16-27(25-13-9-21(2)10-14-25)29-19-23(18-28(26)29)17-22-5-3-4-6-22;1-3-2;;;/h2*7-16,18-19,22H,3-6,17H2,1-2H3;1-2H3;2*1H;/q2*-1;;;;+2/p-2. The van der Waals surface area contributed by atoms with Crippen LogP contribution in [0.25, 0.3) is 66.1 Å². The van der Waals surface area contributed by atoms with Gasteiger partial charge in [-0.05, 0) is 63.5 Å². The van der Waals surface area contributed by atoms with Crippen molar-refractivity contribution in [3.05, 3.63) is 179 Å². The van der Waals surface area contributed by atoms with E-state index in [4.69, 9.17) is 0 Å². The van der Waals surface area contributed by atoms with Gasteiger partial charge in [0.15, 0.2) is 0 Å². The maximum atomic E-state index is 2.47. The first-order chi connectivity index (χ1) is 30.1. The molecule has 0 nitrogen and oxygen atoms in total. The van der Waals surface area contributed by atoms with Crippen LogP contribution < -0.4 is 24.8 Å². The van der Waals surface area contributed by atoms with E-state index in [1.807, 2.05) is 0 Å². The van der Waals surface area contributed by atoms with Gasteiger partial charge in [0.05, 0.1) is 0 Å². The van der Waals surface area contributed by atoms with Crippen LogP contribution in [0.15, 0.2) is 146 Å². The fourth-order valence-electron chi connectivity index (χ4n) is 9.99. The van der Waals surface area contributed by atoms with Crippen LogP contribution in [-0.2, 0) is 36.2 Å². The molecule has 0 aromatic heterocycles. The Morgan fingerprint density at radius 2 is 0.672 bits per heavy atom. The van der Waals surface area contributed by atoms with Crippen LogP contribution in [0.3, 0.4) is 0 Å². The molecule has 4 heteroatoms. The average molecular weight is 975 g/mol. The predicted octanol–water partition coefficient (Wildman–Crippen LogP) is 11.3. The number of fused-ring (bicyclic) bond motifs is 2. The first-order valence-corrected chi connectivity index (χ1v) is 29.5. The fourth-order valence-corrected chi connectivity index (χ4v) is 9.99. The van der Waals surface area contributed by atoms with Crippen LogP contribution in [-0.4, -0.2) is 5.43 Å². The summed E-state index contributed by atoms with van der Waals surface area (Å²) in [4.78, 5) is 0. The first kappa shape index (κ1) is 49.6. The van der Waals surface area contributed by atoms with Crippen molar-refractivity contribution in [2.24, 2.45) is 11.8 Å². The van der Waals surface area contributed by atoms with E-state index >= 15 is 0 Å². The molecule has 64 heavy (non-hydrogen) atoms. The Kier molecular flexibility index (Phi) is 17.9. The first-order valence-electron chi connectivity index (χ1n) is 23.3. The molecule has 0 saturated heterocycles. The van der Waals surface area contributed by atoms with Crippen LogP contribution in [0.5, 0.6) is 0 Å². The molecule has 0 bridgehead atoms. The van der Waals surface area contributed by atoms with Gasteiger partial charge in [0.2, 0.25) is 0 Å². The van der Waals surface area contributed by atoms with Gasteiger partial charge in [-0.1, -0.05) is 228 Å². The second-order valence-electron chi connectivity index (χ2n) is 18.9. The summed E-state index contributed by atoms with van der Waals surface area (Å²) in [6.45, 7) is 13.2. The number of hydrogen-bond acceptors (Lipinski definition) is 0. The van der Waals surface area contributed by atoms with Crippen molar-refractivity contribution in [2.75, 3.05) is 0 Å². The van der Waals surface area contributed by atoms with Crippen LogP contribution >= 0.6 is 0 Å². The zero-order chi connectivity index (χ0) is 43.2. The molecule has 0 unspecified atom stereocenters. The third-order valence-corrected chi connectivity index (χ3v) is 13.3. The summed E-state index contributed by atoms with van der Waals surface area (Å²) in [6, 6.07) is 55.0. The van der Waals surface area contributed by atoms with Gasteiger partial charge >= 0.3 is 41.9 Å². The Morgan fingerprint density at radius 1 is 0.422 bits per heavy atom. The molecular formula is C60H64Cl2SiZr-2. The molecule has 8 aromatic rings. The molecule has 328 valence electrons. The molecule has 0 spiro atoms. The molecule has 2 aliphatic carbocycles. The summed E-state index contributed by atoms with van der Waals surface area (Å²) in [7, 11) is 0. The quantitative estimate of drug-likeness (QED) is 0.105. The predicted molar refractivity (Wildman–Crippen MR) is 269 cm³/mol. The van der Waals surface area contributed by atoms with E-state index in [1.54, 1.807) is 23.3 Å². The summed E-state index contributed by atoms with van der Waals surface area (Å²) in [6.07, 6.45) is 13.7. The molecule has 0 radical (unpaired) electrons. The molecule has 0 amide bonds. The minimum Gasteiger partial charge on any atom is -1.00 e. The molecule has 0 aliphatic heterocycles. The van der Waals surface area contributed by atoms with Gasteiger partial charge < -0.3 is 24.8 Å². The largest absolute Gasteiger partial charge is 1.00 e. The van der Waals surface area contributed by atoms with Crippen LogP contribution in [0, 0.1) is 39.5 Å². The molecule has 8 aromatic carbocycles. The monoisotopic (exact) mass is 972 g/mol. The Balaban J connectivity index is 0.000000191. The topological polar surface area (TPSA) is 0 Å². The molecule has 0 atom stereocenters. The van der Waals surface area contributed by atoms with Gasteiger partial charge in [0.1, 0.15) is 0 Å². The molecule has 10 rings (SSSR count). The number of aryl methyl sites for hydroxylation is 4. The van der Waals surface area contributed by atoms with Crippen LogP contribution in [0.1, 0.15) is 84.7 Å². The van der Waals surface area contributed by atoms with Crippen molar-refractivity contribution in [3.8, 4) is 44.5 Å². The second kappa shape index (κ2) is 23.1. The number of rotatable bonds is 8. The van der Waals surface area contributed by atoms with Gasteiger partial charge in [-0.3, -0.25) is 0 Å². The minimum atomic E-state index is 0. The van der Waals surface area contributed by atoms with Gasteiger partial charge in [-0.2, -0.15) is 12.1 Å². The summed E-state index contributed by atoms with van der Waals surface area (Å²) in [5.74, 6) is 1.75. The van der Waals surface area contributed by atoms with E-state index in [0.29, 0.717) is 0 Å². The van der Waals surface area contributed by atoms with Crippen molar-refractivity contribution in [1.82, 2.24) is 0 Å². The Bertz CT molecular complexity index is 2380. The maximum Gasteiger partial charge on any atom is -0.0279 e. The van der Waals surface area contributed by atoms with Gasteiger partial charge in [0, 0.05) is 0 Å². The van der Waals surface area contributed by atoms with Crippen molar-refractivity contribution in [3.63, 3.8) is 0 Å². The van der Waals surface area contributed by atoms with Crippen molar-refractivity contribution < 1.29 is 48.1 Å². The summed E-state index contributed by atoms with van der Waals surface area (Å²) >= 11 is 1.74. The third kappa shape index (κ3) is 12.4. The molecule has 0 N–H and O–H groups in total. The maximum absolute atomic E-state index is 2.47. The number of hydrogen-bond donors (Lipinski definition) is 0. The van der Waals surface area contributed by atoms with E-state index in [1.165, 1.54) is 164 Å². The fraction of sp³-hybridized carbons (Fsp3) is 0.300. The molecular weight excluding hydrogens is 911 g/mol. The zero-order valence-electron chi connectivity index (χ0n) is 38.8. The smallest absolute Gasteiger partial charge is 0.0279 e. The van der Waals surface area contributed by atoms with Gasteiger partial charge in [0.25, 0.3) is 0 Å². The van der Waals surface area contributed by atoms with E-state index < -0.39 is 0 Å². The van der Waals surface area contributed by atoms with Crippen LogP contribution in [0.4, 0.5) is 0 Å². The molecule has 2 saturated carbocycles. The number of benzene rings is 6.